The number of amides is 1. The molecule has 0 aliphatic carbocycles. The summed E-state index contributed by atoms with van der Waals surface area (Å²) < 4.78 is 10.2. The van der Waals surface area contributed by atoms with Gasteiger partial charge in [0.25, 0.3) is 0 Å². The van der Waals surface area contributed by atoms with Crippen molar-refractivity contribution < 1.29 is 28.7 Å². The zero-order valence-corrected chi connectivity index (χ0v) is 16.2. The molecule has 0 saturated carbocycles. The van der Waals surface area contributed by atoms with Crippen LogP contribution < -0.4 is 0 Å². The maximum atomic E-state index is 12.3. The van der Waals surface area contributed by atoms with E-state index >= 15 is 0 Å². The molecule has 1 fully saturated rings. The number of ketones is 2. The monoisotopic (exact) mass is 404 g/mol. The van der Waals surface area contributed by atoms with Gasteiger partial charge in [0.2, 0.25) is 11.7 Å². The number of carbonyl (C=O) groups is 4. The van der Waals surface area contributed by atoms with Gasteiger partial charge in [0.05, 0.1) is 24.5 Å². The second kappa shape index (κ2) is 8.94. The molecule has 0 spiro atoms. The molecule has 9 heteroatoms. The molecule has 148 valence electrons. The van der Waals surface area contributed by atoms with Crippen molar-refractivity contribution in [2.24, 2.45) is 0 Å². The summed E-state index contributed by atoms with van der Waals surface area (Å²) in [6.07, 6.45) is 1.64. The summed E-state index contributed by atoms with van der Waals surface area (Å²) in [5, 5.41) is 0. The highest BCUT2D eigenvalue weighted by Crippen LogP contribution is 2.19. The Labute approximate surface area is 165 Å². The van der Waals surface area contributed by atoms with Crippen molar-refractivity contribution in [3.63, 3.8) is 0 Å². The minimum absolute atomic E-state index is 0.00333. The van der Waals surface area contributed by atoms with Crippen LogP contribution in [0.1, 0.15) is 42.3 Å². The third-order valence-electron chi connectivity index (χ3n) is 4.27. The summed E-state index contributed by atoms with van der Waals surface area (Å²) >= 11 is 1.22. The fourth-order valence-electron chi connectivity index (χ4n) is 2.69. The van der Waals surface area contributed by atoms with Crippen LogP contribution in [-0.2, 0) is 20.7 Å². The second-order valence-corrected chi connectivity index (χ2v) is 7.46. The lowest BCUT2D eigenvalue weighted by atomic mass is 10.2. The lowest BCUT2D eigenvalue weighted by molar-refractivity contribution is -0.134. The first kappa shape index (κ1) is 20.0. The highest BCUT2D eigenvalue weighted by atomic mass is 32.1. The predicted octanol–water partition coefficient (Wildman–Crippen LogP) is 1.72. The van der Waals surface area contributed by atoms with Gasteiger partial charge in [-0.3, -0.25) is 14.4 Å². The lowest BCUT2D eigenvalue weighted by Crippen LogP contribution is -2.41. The number of aromatic amines is 1. The van der Waals surface area contributed by atoms with Gasteiger partial charge in [0.15, 0.2) is 12.4 Å². The van der Waals surface area contributed by atoms with E-state index in [1.165, 1.54) is 30.5 Å². The third kappa shape index (κ3) is 4.93. The summed E-state index contributed by atoms with van der Waals surface area (Å²) in [5.41, 5.74) is 0.479. The van der Waals surface area contributed by atoms with Crippen molar-refractivity contribution in [3.05, 3.63) is 45.4 Å². The Bertz CT molecular complexity index is 894. The summed E-state index contributed by atoms with van der Waals surface area (Å²) in [5.74, 6) is -1.23. The number of morpholine rings is 1. The lowest BCUT2D eigenvalue weighted by Gasteiger charge is -2.26. The number of hydrogen-bond donors (Lipinski definition) is 1. The smallest absolute Gasteiger partial charge is 0.355 e. The molecular formula is C19H20N2O6S. The fraction of sp³-hybridized carbons (Fsp3) is 0.368. The van der Waals surface area contributed by atoms with Crippen molar-refractivity contribution in [2.45, 2.75) is 13.3 Å². The fourth-order valence-corrected chi connectivity index (χ4v) is 3.61. The van der Waals surface area contributed by atoms with E-state index in [9.17, 15) is 19.2 Å². The number of aromatic nitrogens is 1. The first-order valence-electron chi connectivity index (χ1n) is 8.78. The summed E-state index contributed by atoms with van der Waals surface area (Å²) in [7, 11) is 0. The number of H-pyrrole nitrogens is 1. The van der Waals surface area contributed by atoms with Gasteiger partial charge in [-0.05, 0) is 25.1 Å². The number of nitrogens with zero attached hydrogens (tertiary/aromatic N) is 1. The van der Waals surface area contributed by atoms with Gasteiger partial charge >= 0.3 is 5.97 Å². The number of Topliss-reactive ketones (excluding diaryl/α,β-unsaturated/α-hetero) is 2. The van der Waals surface area contributed by atoms with Crippen molar-refractivity contribution in [2.75, 3.05) is 32.9 Å². The summed E-state index contributed by atoms with van der Waals surface area (Å²) in [6.45, 7) is 3.22. The third-order valence-corrected chi connectivity index (χ3v) is 5.40. The van der Waals surface area contributed by atoms with Crippen LogP contribution in [0, 0.1) is 0 Å². The van der Waals surface area contributed by atoms with Crippen molar-refractivity contribution in [1.82, 2.24) is 9.88 Å². The van der Waals surface area contributed by atoms with E-state index in [1.807, 2.05) is 0 Å². The van der Waals surface area contributed by atoms with Gasteiger partial charge < -0.3 is 19.4 Å². The average Bonchev–Trinajstić information content (AvgIpc) is 3.36. The van der Waals surface area contributed by atoms with Crippen molar-refractivity contribution >= 4 is 34.8 Å². The highest BCUT2D eigenvalue weighted by Gasteiger charge is 2.19. The van der Waals surface area contributed by atoms with Gasteiger partial charge in [-0.2, -0.15) is 0 Å². The topological polar surface area (TPSA) is 106 Å². The van der Waals surface area contributed by atoms with E-state index in [4.69, 9.17) is 9.47 Å². The molecule has 3 heterocycles. The van der Waals surface area contributed by atoms with E-state index in [2.05, 4.69) is 4.98 Å². The van der Waals surface area contributed by atoms with Gasteiger partial charge in [0, 0.05) is 29.7 Å². The maximum Gasteiger partial charge on any atom is 0.355 e. The Morgan fingerprint density at radius 2 is 1.96 bits per heavy atom. The standard InChI is InChI=1S/C19H20N2O6S/c1-12(22)13-8-15(20-10-13)19(25)27-11-16(23)17-3-2-14(28-17)9-18(24)21-4-6-26-7-5-21/h2-3,8,10,20H,4-7,9,11H2,1H3. The first-order valence-corrected chi connectivity index (χ1v) is 9.59. The molecular weight excluding hydrogens is 384 g/mol. The van der Waals surface area contributed by atoms with E-state index in [1.54, 1.807) is 17.0 Å². The van der Waals surface area contributed by atoms with Crippen LogP contribution in [-0.4, -0.2) is 66.2 Å². The van der Waals surface area contributed by atoms with Crippen molar-refractivity contribution in [1.29, 1.82) is 0 Å². The Hall–Kier alpha value is -2.78. The molecule has 8 nitrogen and oxygen atoms in total. The number of hydrogen-bond acceptors (Lipinski definition) is 7. The van der Waals surface area contributed by atoms with Crippen LogP contribution in [0.15, 0.2) is 24.4 Å². The molecule has 0 bridgehead atoms. The SMILES string of the molecule is CC(=O)c1c[nH]c(C(=O)OCC(=O)c2ccc(CC(=O)N3CCOCC3)s2)c1. The van der Waals surface area contributed by atoms with Gasteiger partial charge in [-0.1, -0.05) is 0 Å². The van der Waals surface area contributed by atoms with E-state index in [-0.39, 0.29) is 29.6 Å². The molecule has 1 saturated heterocycles. The average molecular weight is 404 g/mol. The highest BCUT2D eigenvalue weighted by molar-refractivity contribution is 7.14. The molecule has 1 aliphatic rings. The van der Waals surface area contributed by atoms with E-state index in [0.717, 1.165) is 4.88 Å². The molecule has 0 radical (unpaired) electrons. The molecule has 1 amide bonds. The Balaban J connectivity index is 1.51. The molecule has 3 rings (SSSR count). The molecule has 28 heavy (non-hydrogen) atoms. The molecule has 0 atom stereocenters. The molecule has 0 unspecified atom stereocenters. The maximum absolute atomic E-state index is 12.3. The number of esters is 1. The normalized spacial score (nSPS) is 14.0. The molecule has 1 N–H and O–H groups in total. The largest absolute Gasteiger partial charge is 0.453 e. The zero-order chi connectivity index (χ0) is 20.1. The number of rotatable bonds is 7. The van der Waals surface area contributed by atoms with Crippen LogP contribution in [0.5, 0.6) is 0 Å². The second-order valence-electron chi connectivity index (χ2n) is 6.29. The van der Waals surface area contributed by atoms with E-state index in [0.29, 0.717) is 36.7 Å². The van der Waals surface area contributed by atoms with Gasteiger partial charge in [-0.15, -0.1) is 11.3 Å². The molecule has 2 aromatic heterocycles. The van der Waals surface area contributed by atoms with Crippen LogP contribution in [0.4, 0.5) is 0 Å². The molecule has 2 aromatic rings. The Morgan fingerprint density at radius 3 is 2.64 bits per heavy atom. The quantitative estimate of drug-likeness (QED) is 0.556. The number of nitrogens with one attached hydrogen (secondary N) is 1. The number of carbonyl (C=O) groups excluding carboxylic acids is 4. The summed E-state index contributed by atoms with van der Waals surface area (Å²) in [6, 6.07) is 4.75. The minimum Gasteiger partial charge on any atom is -0.453 e. The number of ether oxygens (including phenoxy) is 2. The predicted molar refractivity (Wildman–Crippen MR) is 101 cm³/mol. The molecule has 1 aliphatic heterocycles. The van der Waals surface area contributed by atoms with Gasteiger partial charge in [0.1, 0.15) is 5.69 Å². The minimum atomic E-state index is -0.708. The Kier molecular flexibility index (Phi) is 6.37. The van der Waals surface area contributed by atoms with Crippen LogP contribution in [0.2, 0.25) is 0 Å². The Morgan fingerprint density at radius 1 is 1.21 bits per heavy atom. The van der Waals surface area contributed by atoms with Crippen molar-refractivity contribution in [3.8, 4) is 0 Å². The first-order chi connectivity index (χ1) is 13.4. The van der Waals surface area contributed by atoms with Gasteiger partial charge in [-0.25, -0.2) is 4.79 Å². The molecule has 0 aromatic carbocycles. The number of thiophene rings is 1. The van der Waals surface area contributed by atoms with Crippen LogP contribution in [0.3, 0.4) is 0 Å². The zero-order valence-electron chi connectivity index (χ0n) is 15.4. The van der Waals surface area contributed by atoms with E-state index < -0.39 is 12.6 Å². The summed E-state index contributed by atoms with van der Waals surface area (Å²) in [4.78, 5) is 53.3. The van der Waals surface area contributed by atoms with Crippen LogP contribution in [0.25, 0.3) is 0 Å². The van der Waals surface area contributed by atoms with Crippen LogP contribution >= 0.6 is 11.3 Å².